The lowest BCUT2D eigenvalue weighted by Crippen LogP contribution is -2.11. The van der Waals surface area contributed by atoms with Crippen LogP contribution in [-0.2, 0) is 11.3 Å². The van der Waals surface area contributed by atoms with Crippen molar-refractivity contribution in [3.05, 3.63) is 39.4 Å². The third-order valence-corrected chi connectivity index (χ3v) is 5.25. The molecule has 0 atom stereocenters. The molecule has 3 heterocycles. The molecule has 0 aliphatic carbocycles. The summed E-state index contributed by atoms with van der Waals surface area (Å²) in [6.45, 7) is 9.62. The van der Waals surface area contributed by atoms with E-state index in [1.807, 2.05) is 32.2 Å². The van der Waals surface area contributed by atoms with E-state index in [-0.39, 0.29) is 24.7 Å². The summed E-state index contributed by atoms with van der Waals surface area (Å²) in [5, 5.41) is 3.67. The number of aromatic nitrogens is 3. The maximum absolute atomic E-state index is 12.2. The molecule has 3 aromatic heterocycles. The lowest BCUT2D eigenvalue weighted by Gasteiger charge is -2.08. The van der Waals surface area contributed by atoms with Crippen LogP contribution in [0.25, 0.3) is 21.7 Å². The van der Waals surface area contributed by atoms with Gasteiger partial charge in [0.15, 0.2) is 0 Å². The van der Waals surface area contributed by atoms with Gasteiger partial charge in [-0.25, -0.2) is 14.8 Å². The van der Waals surface area contributed by atoms with E-state index < -0.39 is 0 Å². The minimum atomic E-state index is -0.371. The van der Waals surface area contributed by atoms with Crippen molar-refractivity contribution in [2.75, 3.05) is 0 Å². The molecular formula is C19H22N4O3S. The maximum Gasteiger partial charge on any atom is 0.350 e. The number of hydrogen-bond acceptors (Lipinski definition) is 7. The van der Waals surface area contributed by atoms with Gasteiger partial charge < -0.3 is 9.30 Å². The second-order valence-electron chi connectivity index (χ2n) is 6.89. The summed E-state index contributed by atoms with van der Waals surface area (Å²) in [4.78, 5) is 32.7. The number of pyridine rings is 1. The van der Waals surface area contributed by atoms with Crippen LogP contribution in [0.5, 0.6) is 0 Å². The molecule has 0 bridgehead atoms. The minimum Gasteiger partial charge on any atom is -0.459 e. The average Bonchev–Trinajstić information content (AvgIpc) is 3.15. The van der Waals surface area contributed by atoms with Crippen LogP contribution in [0.4, 0.5) is 0 Å². The zero-order chi connectivity index (χ0) is 19.7. The fourth-order valence-corrected chi connectivity index (χ4v) is 3.81. The highest BCUT2D eigenvalue weighted by molar-refractivity contribution is 7.17. The first-order valence-corrected chi connectivity index (χ1v) is 9.61. The zero-order valence-corrected chi connectivity index (χ0v) is 16.8. The number of ether oxygens (including phenoxy) is 1. The van der Waals surface area contributed by atoms with Crippen LogP contribution in [0.2, 0.25) is 0 Å². The second kappa shape index (κ2) is 7.56. The van der Waals surface area contributed by atoms with E-state index in [2.05, 4.69) is 28.6 Å². The van der Waals surface area contributed by atoms with Gasteiger partial charge in [0.05, 0.1) is 28.5 Å². The van der Waals surface area contributed by atoms with E-state index in [0.717, 1.165) is 16.6 Å². The molecule has 0 saturated heterocycles. The van der Waals surface area contributed by atoms with Gasteiger partial charge in [-0.15, -0.1) is 11.3 Å². The van der Waals surface area contributed by atoms with Crippen molar-refractivity contribution < 1.29 is 9.53 Å². The molecule has 0 radical (unpaired) electrons. The minimum absolute atomic E-state index is 0.0650. The van der Waals surface area contributed by atoms with Gasteiger partial charge in [-0.05, 0) is 46.8 Å². The first kappa shape index (κ1) is 19.2. The maximum atomic E-state index is 12.2. The quantitative estimate of drug-likeness (QED) is 0.445. The number of rotatable bonds is 6. The van der Waals surface area contributed by atoms with Crippen molar-refractivity contribution in [3.63, 3.8) is 0 Å². The Labute approximate surface area is 161 Å². The van der Waals surface area contributed by atoms with E-state index in [0.29, 0.717) is 21.3 Å². The number of fused-ring (bicyclic) bond motifs is 1. The Morgan fingerprint density at radius 1 is 1.26 bits per heavy atom. The molecule has 3 rings (SSSR count). The molecule has 142 valence electrons. The van der Waals surface area contributed by atoms with Crippen LogP contribution >= 0.6 is 11.3 Å². The summed E-state index contributed by atoms with van der Waals surface area (Å²) in [6.07, 6.45) is 1.73. The van der Waals surface area contributed by atoms with E-state index in [9.17, 15) is 9.70 Å². The number of carbonyl (C=O) groups is 1. The van der Waals surface area contributed by atoms with Crippen LogP contribution in [-0.4, -0.2) is 26.6 Å². The molecule has 0 aliphatic rings. The van der Waals surface area contributed by atoms with Crippen molar-refractivity contribution in [3.8, 4) is 10.7 Å². The predicted octanol–water partition coefficient (Wildman–Crippen LogP) is 4.88. The molecule has 8 heteroatoms. The van der Waals surface area contributed by atoms with Gasteiger partial charge in [0, 0.05) is 17.8 Å². The zero-order valence-electron chi connectivity index (χ0n) is 16.0. The predicted molar refractivity (Wildman–Crippen MR) is 106 cm³/mol. The van der Waals surface area contributed by atoms with Crippen molar-refractivity contribution in [2.45, 2.75) is 53.3 Å². The Kier molecular flexibility index (Phi) is 5.36. The summed E-state index contributed by atoms with van der Waals surface area (Å²) in [6, 6.07) is 4.09. The van der Waals surface area contributed by atoms with Gasteiger partial charge in [-0.1, -0.05) is 5.18 Å². The molecule has 0 saturated carbocycles. The first-order chi connectivity index (χ1) is 12.8. The molecule has 0 spiro atoms. The number of nitrogens with zero attached hydrogens (tertiary/aromatic N) is 4. The third-order valence-electron chi connectivity index (χ3n) is 4.09. The Hall–Kier alpha value is -2.61. The highest BCUT2D eigenvalue weighted by atomic mass is 32.1. The molecule has 0 fully saturated rings. The Morgan fingerprint density at radius 3 is 2.63 bits per heavy atom. The summed E-state index contributed by atoms with van der Waals surface area (Å²) < 4.78 is 7.35. The number of esters is 1. The monoisotopic (exact) mass is 386 g/mol. The van der Waals surface area contributed by atoms with Gasteiger partial charge >= 0.3 is 5.97 Å². The van der Waals surface area contributed by atoms with Crippen LogP contribution in [0.3, 0.4) is 0 Å². The van der Waals surface area contributed by atoms with Crippen LogP contribution in [0.1, 0.15) is 54.7 Å². The summed E-state index contributed by atoms with van der Waals surface area (Å²) >= 11 is 1.26. The SMILES string of the molecule is Cc1nc(-c2ccc3c(n2)c(CN=O)cn3C(C)C)sc1C(=O)OC(C)C. The first-order valence-electron chi connectivity index (χ1n) is 8.80. The van der Waals surface area contributed by atoms with Gasteiger partial charge in [-0.2, -0.15) is 4.91 Å². The Balaban J connectivity index is 2.06. The summed E-state index contributed by atoms with van der Waals surface area (Å²) in [7, 11) is 0. The van der Waals surface area contributed by atoms with E-state index >= 15 is 0 Å². The molecule has 0 aromatic carbocycles. The lowest BCUT2D eigenvalue weighted by atomic mass is 10.2. The normalized spacial score (nSPS) is 11.5. The average molecular weight is 386 g/mol. The van der Waals surface area contributed by atoms with E-state index in [4.69, 9.17) is 9.72 Å². The van der Waals surface area contributed by atoms with Gasteiger partial charge in [0.1, 0.15) is 16.4 Å². The van der Waals surface area contributed by atoms with Crippen molar-refractivity contribution in [2.24, 2.45) is 5.18 Å². The number of carbonyl (C=O) groups excluding carboxylic acids is 1. The molecule has 0 aliphatic heterocycles. The highest BCUT2D eigenvalue weighted by Crippen LogP contribution is 2.31. The van der Waals surface area contributed by atoms with E-state index in [1.165, 1.54) is 11.3 Å². The largest absolute Gasteiger partial charge is 0.459 e. The van der Waals surface area contributed by atoms with Crippen LogP contribution in [0.15, 0.2) is 23.5 Å². The van der Waals surface area contributed by atoms with Crippen molar-refractivity contribution >= 4 is 28.3 Å². The van der Waals surface area contributed by atoms with Gasteiger partial charge in [0.25, 0.3) is 0 Å². The van der Waals surface area contributed by atoms with Gasteiger partial charge in [0.2, 0.25) is 0 Å². The number of thiazole rings is 1. The fraction of sp³-hybridized carbons (Fsp3) is 0.421. The number of nitroso groups, excluding NO2 is 1. The van der Waals surface area contributed by atoms with Crippen LogP contribution < -0.4 is 0 Å². The van der Waals surface area contributed by atoms with Crippen molar-refractivity contribution in [1.82, 2.24) is 14.5 Å². The molecule has 0 amide bonds. The highest BCUT2D eigenvalue weighted by Gasteiger charge is 2.20. The van der Waals surface area contributed by atoms with Crippen LogP contribution in [0, 0.1) is 11.8 Å². The third kappa shape index (κ3) is 3.75. The van der Waals surface area contributed by atoms with Crippen molar-refractivity contribution in [1.29, 1.82) is 0 Å². The summed E-state index contributed by atoms with van der Waals surface area (Å²) in [5.74, 6) is -0.371. The smallest absolute Gasteiger partial charge is 0.350 e. The topological polar surface area (TPSA) is 86.4 Å². The Morgan fingerprint density at radius 2 is 2.00 bits per heavy atom. The standard InChI is InChI=1S/C19H22N4O3S/c1-10(2)23-9-13(8-20-25)16-15(23)7-6-14(22-16)18-21-12(5)17(27-18)19(24)26-11(3)4/h6-7,9-11H,8H2,1-5H3. The van der Waals surface area contributed by atoms with E-state index in [1.54, 1.807) is 6.92 Å². The van der Waals surface area contributed by atoms with Gasteiger partial charge in [-0.3, -0.25) is 0 Å². The molecule has 27 heavy (non-hydrogen) atoms. The molecule has 0 N–H and O–H groups in total. The molecular weight excluding hydrogens is 364 g/mol. The summed E-state index contributed by atoms with van der Waals surface area (Å²) in [5.41, 5.74) is 3.74. The molecule has 3 aromatic rings. The molecule has 0 unspecified atom stereocenters. The second-order valence-corrected chi connectivity index (χ2v) is 7.89. The fourth-order valence-electron chi connectivity index (χ4n) is 2.89. The number of aryl methyl sites for hydroxylation is 1. The Bertz CT molecular complexity index is 1000. The lowest BCUT2D eigenvalue weighted by molar-refractivity contribution is 0.0382. The number of hydrogen-bond donors (Lipinski definition) is 0. The molecule has 7 nitrogen and oxygen atoms in total.